The van der Waals surface area contributed by atoms with E-state index in [1.54, 1.807) is 30.1 Å². The number of nitrogens with one attached hydrogen (secondary N) is 3. The Morgan fingerprint density at radius 3 is 2.33 bits per heavy atom. The summed E-state index contributed by atoms with van der Waals surface area (Å²) >= 11 is 0. The van der Waals surface area contributed by atoms with E-state index in [1.807, 2.05) is 14.7 Å². The number of carbonyl (C=O) groups excluding carboxylic acids is 5. The summed E-state index contributed by atoms with van der Waals surface area (Å²) in [7, 11) is 1.79. The molecule has 20 heteroatoms. The van der Waals surface area contributed by atoms with Gasteiger partial charge in [0.25, 0.3) is 11.8 Å². The van der Waals surface area contributed by atoms with Crippen LogP contribution in [0.5, 0.6) is 0 Å². The van der Waals surface area contributed by atoms with Crippen LogP contribution in [-0.2, 0) is 9.59 Å². The zero-order chi connectivity index (χ0) is 42.8. The van der Waals surface area contributed by atoms with E-state index in [1.165, 1.54) is 18.2 Å². The Labute approximate surface area is 351 Å². The number of amides is 6. The molecule has 0 unspecified atom stereocenters. The highest BCUT2D eigenvalue weighted by atomic mass is 19.1. The van der Waals surface area contributed by atoms with Crippen LogP contribution in [0, 0.1) is 17.6 Å². The van der Waals surface area contributed by atoms with E-state index < -0.39 is 41.3 Å². The van der Waals surface area contributed by atoms with Gasteiger partial charge in [-0.2, -0.15) is 4.98 Å². The summed E-state index contributed by atoms with van der Waals surface area (Å²) in [4.78, 5) is 77.7. The number of piperazine rings is 1. The molecule has 6 heterocycles. The molecule has 5 fully saturated rings. The van der Waals surface area contributed by atoms with E-state index in [0.29, 0.717) is 62.2 Å². The van der Waals surface area contributed by atoms with Gasteiger partial charge in [-0.1, -0.05) is 0 Å². The molecule has 3 aromatic rings. The Kier molecular flexibility index (Phi) is 12.1. The van der Waals surface area contributed by atoms with Gasteiger partial charge >= 0.3 is 6.03 Å². The average Bonchev–Trinajstić information content (AvgIpc) is 3.59. The molecule has 5 aliphatic rings. The third-order valence-corrected chi connectivity index (χ3v) is 12.4. The van der Waals surface area contributed by atoms with Crippen LogP contribution in [0.2, 0.25) is 0 Å². The molecule has 8 rings (SSSR count). The summed E-state index contributed by atoms with van der Waals surface area (Å²) < 4.78 is 30.8. The predicted molar refractivity (Wildman–Crippen MR) is 222 cm³/mol. The first-order valence-corrected chi connectivity index (χ1v) is 20.9. The minimum atomic E-state index is -0.884. The molecule has 18 nitrogen and oxygen atoms in total. The van der Waals surface area contributed by atoms with Crippen molar-refractivity contribution in [1.29, 1.82) is 0 Å². The highest BCUT2D eigenvalue weighted by Crippen LogP contribution is 2.30. The van der Waals surface area contributed by atoms with Crippen LogP contribution in [-0.4, -0.2) is 151 Å². The van der Waals surface area contributed by atoms with Gasteiger partial charge in [0.05, 0.1) is 17.3 Å². The van der Waals surface area contributed by atoms with E-state index in [2.05, 4.69) is 40.9 Å². The van der Waals surface area contributed by atoms with Crippen LogP contribution in [0.15, 0.2) is 36.4 Å². The second kappa shape index (κ2) is 17.8. The van der Waals surface area contributed by atoms with Crippen molar-refractivity contribution >= 4 is 58.5 Å². The Morgan fingerprint density at radius 1 is 0.852 bits per heavy atom. The molecule has 0 spiro atoms. The monoisotopic (exact) mass is 843 g/mol. The SMILES string of the molecule is CN1CCN([C@@H]2CCCN(c3nnc(C(N)=O)c(Nc4ccc(N5CCN(CC6CCN(c7ccc(C(=O)N[C@H]8CCC(=O)NC8=O)c(F)c7)CC6)CC5)c(F)c4)n3)C2)C1=O. The number of carbonyl (C=O) groups is 5. The molecular formula is C41H51F2N13O5. The van der Waals surface area contributed by atoms with Crippen LogP contribution in [0.1, 0.15) is 59.4 Å². The van der Waals surface area contributed by atoms with Crippen molar-refractivity contribution < 1.29 is 32.8 Å². The van der Waals surface area contributed by atoms with Gasteiger partial charge in [0, 0.05) is 96.8 Å². The van der Waals surface area contributed by atoms with Crippen LogP contribution >= 0.6 is 0 Å². The van der Waals surface area contributed by atoms with Crippen molar-refractivity contribution in [3.05, 3.63) is 59.3 Å². The van der Waals surface area contributed by atoms with Crippen molar-refractivity contribution in [3.63, 3.8) is 0 Å². The summed E-state index contributed by atoms with van der Waals surface area (Å²) in [5.74, 6) is -2.80. The first kappa shape index (κ1) is 41.5. The van der Waals surface area contributed by atoms with Gasteiger partial charge in [-0.3, -0.25) is 29.4 Å². The molecule has 324 valence electrons. The number of hydrogen-bond donors (Lipinski definition) is 4. The molecule has 5 N–H and O–H groups in total. The van der Waals surface area contributed by atoms with E-state index in [0.717, 1.165) is 58.4 Å². The molecular weight excluding hydrogens is 793 g/mol. The summed E-state index contributed by atoms with van der Waals surface area (Å²) in [6, 6.07) is 8.42. The predicted octanol–water partition coefficient (Wildman–Crippen LogP) is 1.90. The maximum absolute atomic E-state index is 15.7. The molecule has 5 aliphatic heterocycles. The first-order chi connectivity index (χ1) is 29.4. The molecule has 6 amide bonds. The smallest absolute Gasteiger partial charge is 0.320 e. The van der Waals surface area contributed by atoms with Crippen molar-refractivity contribution in [2.24, 2.45) is 11.7 Å². The Bertz CT molecular complexity index is 2180. The molecule has 61 heavy (non-hydrogen) atoms. The average molecular weight is 844 g/mol. The van der Waals surface area contributed by atoms with Crippen molar-refractivity contribution in [3.8, 4) is 0 Å². The van der Waals surface area contributed by atoms with Gasteiger partial charge in [-0.15, -0.1) is 10.2 Å². The van der Waals surface area contributed by atoms with Crippen LogP contribution in [0.4, 0.5) is 42.4 Å². The fourth-order valence-electron chi connectivity index (χ4n) is 8.94. The maximum atomic E-state index is 15.7. The van der Waals surface area contributed by atoms with Gasteiger partial charge in [-0.25, -0.2) is 13.6 Å². The van der Waals surface area contributed by atoms with Gasteiger partial charge in [0.15, 0.2) is 11.5 Å². The maximum Gasteiger partial charge on any atom is 0.320 e. The topological polar surface area (TPSA) is 206 Å². The van der Waals surface area contributed by atoms with Crippen LogP contribution in [0.25, 0.3) is 0 Å². The number of nitrogens with zero attached hydrogens (tertiary/aromatic N) is 9. The molecule has 5 saturated heterocycles. The number of rotatable bonds is 11. The lowest BCUT2D eigenvalue weighted by molar-refractivity contribution is -0.134. The zero-order valence-corrected chi connectivity index (χ0v) is 34.1. The van der Waals surface area contributed by atoms with Gasteiger partial charge in [0.2, 0.25) is 17.8 Å². The van der Waals surface area contributed by atoms with Crippen LogP contribution in [0.3, 0.4) is 0 Å². The highest BCUT2D eigenvalue weighted by molar-refractivity contribution is 6.04. The lowest BCUT2D eigenvalue weighted by Crippen LogP contribution is -2.52. The number of primary amides is 1. The summed E-state index contributed by atoms with van der Waals surface area (Å²) in [5.41, 5.74) is 6.83. The molecule has 2 aromatic carbocycles. The van der Waals surface area contributed by atoms with Gasteiger partial charge in [-0.05, 0) is 74.4 Å². The Balaban J connectivity index is 0.813. The van der Waals surface area contributed by atoms with Crippen molar-refractivity contribution in [2.75, 3.05) is 99.1 Å². The lowest BCUT2D eigenvalue weighted by atomic mass is 9.95. The number of imide groups is 1. The van der Waals surface area contributed by atoms with Gasteiger partial charge in [0.1, 0.15) is 17.7 Å². The van der Waals surface area contributed by atoms with Crippen LogP contribution < -0.4 is 36.4 Å². The summed E-state index contributed by atoms with van der Waals surface area (Å²) in [5, 5.41) is 16.0. The number of benzene rings is 2. The minimum Gasteiger partial charge on any atom is -0.371 e. The Morgan fingerprint density at radius 2 is 1.64 bits per heavy atom. The summed E-state index contributed by atoms with van der Waals surface area (Å²) in [6.07, 6.45) is 3.80. The molecule has 0 saturated carbocycles. The number of nitrogens with two attached hydrogens (primary N) is 1. The molecule has 0 aliphatic carbocycles. The molecule has 0 bridgehead atoms. The van der Waals surface area contributed by atoms with E-state index in [-0.39, 0.29) is 47.9 Å². The Hall–Kier alpha value is -6.18. The third kappa shape index (κ3) is 9.28. The zero-order valence-electron chi connectivity index (χ0n) is 34.1. The van der Waals surface area contributed by atoms with E-state index in [9.17, 15) is 24.0 Å². The number of urea groups is 1. The van der Waals surface area contributed by atoms with Gasteiger partial charge < -0.3 is 40.9 Å². The normalized spacial score (nSPS) is 21.8. The highest BCUT2D eigenvalue weighted by Gasteiger charge is 2.35. The fourth-order valence-corrected chi connectivity index (χ4v) is 8.94. The van der Waals surface area contributed by atoms with E-state index in [4.69, 9.17) is 5.73 Å². The molecule has 0 radical (unpaired) electrons. The number of anilines is 5. The molecule has 1 aromatic heterocycles. The second-order valence-corrected chi connectivity index (χ2v) is 16.5. The number of likely N-dealkylation sites (N-methyl/N-ethyl adjacent to an activating group) is 1. The van der Waals surface area contributed by atoms with Crippen molar-refractivity contribution in [1.82, 2.24) is 40.5 Å². The number of hydrogen-bond acceptors (Lipinski definition) is 13. The quantitative estimate of drug-likeness (QED) is 0.204. The number of aromatic nitrogens is 3. The minimum absolute atomic E-state index is 0.00108. The largest absolute Gasteiger partial charge is 0.371 e. The fraction of sp³-hybridized carbons (Fsp3) is 0.512. The second-order valence-electron chi connectivity index (χ2n) is 16.5. The lowest BCUT2D eigenvalue weighted by Gasteiger charge is -2.40. The third-order valence-electron chi connectivity index (χ3n) is 12.4. The number of halogens is 2. The first-order valence-electron chi connectivity index (χ1n) is 20.9. The number of piperidine rings is 3. The van der Waals surface area contributed by atoms with E-state index >= 15 is 8.78 Å². The summed E-state index contributed by atoms with van der Waals surface area (Å²) in [6.45, 7) is 7.72. The molecule has 2 atom stereocenters. The standard InChI is InChI=1S/C41H51F2N13O5/c1-51-15-20-56(41(51)61)28-3-2-12-55(24-28)40-48-37(35(36(44)58)49-50-40)45-26-4-8-33(31(43)21-26)54-18-16-52(17-19-54)23-25-10-13-53(14-11-25)27-5-6-29(30(42)22-27)38(59)46-32-7-9-34(57)47-39(32)60/h4-6,8,21-22,25,28,32H,2-3,7,9-20,23-24H2,1H3,(H2,44,58)(H,46,59)(H,45,48,50)(H,47,57,60)/t28-,32+/m1/s1. The van der Waals surface area contributed by atoms with Crippen molar-refractivity contribution in [2.45, 2.75) is 50.6 Å².